The van der Waals surface area contributed by atoms with Crippen LogP contribution in [0.15, 0.2) is 84.9 Å². The molecule has 1 unspecified atom stereocenters. The molecule has 0 aromatic heterocycles. The summed E-state index contributed by atoms with van der Waals surface area (Å²) in [4.78, 5) is 11.9. The van der Waals surface area contributed by atoms with Crippen LogP contribution in [0.1, 0.15) is 18.4 Å². The van der Waals surface area contributed by atoms with E-state index in [1.165, 1.54) is 10.7 Å². The number of nitrogens with two attached hydrogens (primary N) is 1. The van der Waals surface area contributed by atoms with Crippen molar-refractivity contribution in [1.82, 2.24) is 5.43 Å². The Morgan fingerprint density at radius 1 is 0.840 bits per heavy atom. The van der Waals surface area contributed by atoms with Crippen LogP contribution in [-0.2, 0) is 4.79 Å². The predicted octanol–water partition coefficient (Wildman–Crippen LogP) is 1.03. The number of hydrogen-bond acceptors (Lipinski definition) is 2. The second-order valence-electron chi connectivity index (χ2n) is 6.15. The standard InChI is InChI=1S/C9H11N2O.2C6H5.Sn.H/c1-7(9(12)11-10)8-5-3-2-4-6-8;2*1-2-4-6-5-3-1;;/h2-3,5-7H,10H2,1H3,(H,11,12);2*1-5H;;. The molecule has 0 radical (unpaired) electrons. The van der Waals surface area contributed by atoms with Gasteiger partial charge in [-0.2, -0.15) is 0 Å². The zero-order chi connectivity index (χ0) is 17.6. The van der Waals surface area contributed by atoms with E-state index in [9.17, 15) is 4.79 Å². The van der Waals surface area contributed by atoms with Gasteiger partial charge in [0.2, 0.25) is 0 Å². The van der Waals surface area contributed by atoms with E-state index in [0.717, 1.165) is 5.56 Å². The Morgan fingerprint density at radius 2 is 1.36 bits per heavy atom. The maximum absolute atomic E-state index is 11.9. The predicted molar refractivity (Wildman–Crippen MR) is 106 cm³/mol. The fourth-order valence-corrected chi connectivity index (χ4v) is 11.8. The minimum absolute atomic E-state index is 0.164. The fraction of sp³-hybridized carbons (Fsp3) is 0.0952. The molecule has 0 saturated carbocycles. The summed E-state index contributed by atoms with van der Waals surface area (Å²) in [6.45, 7) is 1.89. The van der Waals surface area contributed by atoms with Crippen LogP contribution in [0, 0.1) is 0 Å². The number of carbonyl (C=O) groups is 1. The Morgan fingerprint density at radius 3 is 1.88 bits per heavy atom. The summed E-state index contributed by atoms with van der Waals surface area (Å²) in [6, 6.07) is 29.9. The van der Waals surface area contributed by atoms with Crippen LogP contribution in [0.5, 0.6) is 0 Å². The molecular weight excluding hydrogens is 415 g/mol. The molecule has 0 heterocycles. The van der Waals surface area contributed by atoms with E-state index in [-0.39, 0.29) is 11.8 Å². The SMILES string of the molecule is CC(C(=O)NN)c1ccc[c]([SnH]([c]2ccccc2)[c]2ccccc2)c1. The van der Waals surface area contributed by atoms with Crippen molar-refractivity contribution in [2.24, 2.45) is 5.84 Å². The average Bonchev–Trinajstić information content (AvgIpc) is 2.69. The molecule has 1 amide bonds. The molecule has 0 aliphatic heterocycles. The van der Waals surface area contributed by atoms with E-state index in [1.807, 2.05) is 13.0 Å². The van der Waals surface area contributed by atoms with Gasteiger partial charge in [0.05, 0.1) is 0 Å². The molecule has 0 aliphatic rings. The Kier molecular flexibility index (Phi) is 5.89. The number of carbonyl (C=O) groups excluding carboxylic acids is 1. The molecule has 3 aromatic rings. The first-order valence-electron chi connectivity index (χ1n) is 8.41. The van der Waals surface area contributed by atoms with Gasteiger partial charge < -0.3 is 0 Å². The molecule has 0 fully saturated rings. The number of amides is 1. The molecule has 0 bridgehead atoms. The Balaban J connectivity index is 2.07. The molecule has 0 spiro atoms. The summed E-state index contributed by atoms with van der Waals surface area (Å²) < 4.78 is 4.24. The average molecular weight is 437 g/mol. The summed E-state index contributed by atoms with van der Waals surface area (Å²) in [5, 5.41) is 0. The number of nitrogens with one attached hydrogen (secondary N) is 1. The first-order valence-corrected chi connectivity index (χ1v) is 13.3. The summed E-state index contributed by atoms with van der Waals surface area (Å²) in [7, 11) is 0. The van der Waals surface area contributed by atoms with Crippen molar-refractivity contribution < 1.29 is 4.79 Å². The minimum atomic E-state index is -2.45. The molecule has 3 rings (SSSR count). The van der Waals surface area contributed by atoms with Crippen molar-refractivity contribution >= 4 is 36.4 Å². The summed E-state index contributed by atoms with van der Waals surface area (Å²) in [5.41, 5.74) is 3.26. The second kappa shape index (κ2) is 8.32. The van der Waals surface area contributed by atoms with Crippen LogP contribution in [0.25, 0.3) is 0 Å². The van der Waals surface area contributed by atoms with Gasteiger partial charge in [0.15, 0.2) is 0 Å². The van der Waals surface area contributed by atoms with Gasteiger partial charge in [-0.25, -0.2) is 0 Å². The van der Waals surface area contributed by atoms with Crippen LogP contribution < -0.4 is 22.0 Å². The molecule has 25 heavy (non-hydrogen) atoms. The van der Waals surface area contributed by atoms with Gasteiger partial charge in [0, 0.05) is 0 Å². The van der Waals surface area contributed by atoms with E-state index < -0.39 is 19.8 Å². The van der Waals surface area contributed by atoms with E-state index in [2.05, 4.69) is 84.3 Å². The number of hydrogen-bond donors (Lipinski definition) is 2. The van der Waals surface area contributed by atoms with Gasteiger partial charge in [-0.3, -0.25) is 0 Å². The van der Waals surface area contributed by atoms with Crippen LogP contribution in [-0.4, -0.2) is 25.7 Å². The first-order chi connectivity index (χ1) is 12.2. The van der Waals surface area contributed by atoms with Gasteiger partial charge in [0.1, 0.15) is 0 Å². The second-order valence-corrected chi connectivity index (χ2v) is 14.3. The molecule has 3 aromatic carbocycles. The zero-order valence-corrected chi connectivity index (χ0v) is 17.5. The van der Waals surface area contributed by atoms with E-state index >= 15 is 0 Å². The van der Waals surface area contributed by atoms with Gasteiger partial charge in [0.25, 0.3) is 0 Å². The Bertz CT molecular complexity index is 797. The first kappa shape index (κ1) is 17.7. The third kappa shape index (κ3) is 4.11. The van der Waals surface area contributed by atoms with Crippen molar-refractivity contribution in [2.45, 2.75) is 12.8 Å². The zero-order valence-electron chi connectivity index (χ0n) is 14.2. The Labute approximate surface area is 155 Å². The fourth-order valence-electron chi connectivity index (χ4n) is 3.15. The molecule has 0 saturated heterocycles. The molecular formula is C21H22N2OSn. The van der Waals surface area contributed by atoms with Crippen molar-refractivity contribution in [2.75, 3.05) is 0 Å². The number of rotatable bonds is 5. The molecule has 126 valence electrons. The van der Waals surface area contributed by atoms with Gasteiger partial charge in [-0.15, -0.1) is 0 Å². The van der Waals surface area contributed by atoms with Crippen LogP contribution in [0.2, 0.25) is 0 Å². The molecule has 3 nitrogen and oxygen atoms in total. The molecule has 1 atom stereocenters. The van der Waals surface area contributed by atoms with Crippen molar-refractivity contribution in [3.8, 4) is 0 Å². The Hall–Kier alpha value is -2.11. The van der Waals surface area contributed by atoms with Crippen LogP contribution >= 0.6 is 0 Å². The van der Waals surface area contributed by atoms with Crippen molar-refractivity contribution in [3.05, 3.63) is 90.5 Å². The van der Waals surface area contributed by atoms with E-state index in [0.29, 0.717) is 0 Å². The van der Waals surface area contributed by atoms with Gasteiger partial charge in [-0.05, 0) is 0 Å². The monoisotopic (exact) mass is 438 g/mol. The number of benzene rings is 3. The van der Waals surface area contributed by atoms with Gasteiger partial charge >= 0.3 is 156 Å². The van der Waals surface area contributed by atoms with Crippen LogP contribution in [0.4, 0.5) is 0 Å². The quantitative estimate of drug-likeness (QED) is 0.271. The molecule has 0 aliphatic carbocycles. The van der Waals surface area contributed by atoms with E-state index in [4.69, 9.17) is 5.84 Å². The third-order valence-electron chi connectivity index (χ3n) is 4.55. The summed E-state index contributed by atoms with van der Waals surface area (Å²) in [6.07, 6.45) is 0. The topological polar surface area (TPSA) is 55.1 Å². The van der Waals surface area contributed by atoms with Gasteiger partial charge in [-0.1, -0.05) is 0 Å². The maximum atomic E-state index is 11.9. The van der Waals surface area contributed by atoms with Crippen molar-refractivity contribution in [3.63, 3.8) is 0 Å². The molecule has 3 N–H and O–H groups in total. The third-order valence-corrected chi connectivity index (χ3v) is 13.5. The van der Waals surface area contributed by atoms with Crippen molar-refractivity contribution in [1.29, 1.82) is 0 Å². The molecule has 4 heteroatoms. The van der Waals surface area contributed by atoms with Crippen LogP contribution in [0.3, 0.4) is 0 Å². The summed E-state index contributed by atoms with van der Waals surface area (Å²) >= 11 is -2.45. The normalized spacial score (nSPS) is 12.0. The van der Waals surface area contributed by atoms with E-state index in [1.54, 1.807) is 0 Å². The number of hydrazine groups is 1. The summed E-state index contributed by atoms with van der Waals surface area (Å²) in [5.74, 6) is 4.88.